The zero-order valence-electron chi connectivity index (χ0n) is 26.4. The van der Waals surface area contributed by atoms with Crippen LogP contribution in [-0.2, 0) is 24.0 Å². The van der Waals surface area contributed by atoms with Gasteiger partial charge in [0.2, 0.25) is 23.6 Å². The molecular formula is C30H58N6O7. The van der Waals surface area contributed by atoms with E-state index in [0.717, 1.165) is 12.8 Å². The zero-order chi connectivity index (χ0) is 32.3. The van der Waals surface area contributed by atoms with Gasteiger partial charge in [-0.15, -0.1) is 0 Å². The van der Waals surface area contributed by atoms with Gasteiger partial charge >= 0.3 is 5.97 Å². The van der Waals surface area contributed by atoms with Crippen molar-refractivity contribution in [2.45, 2.75) is 128 Å². The van der Waals surface area contributed by atoms with Crippen molar-refractivity contribution in [2.24, 2.45) is 5.73 Å². The van der Waals surface area contributed by atoms with Crippen molar-refractivity contribution < 1.29 is 34.2 Å². The van der Waals surface area contributed by atoms with Crippen LogP contribution in [0.2, 0.25) is 0 Å². The molecule has 0 heterocycles. The highest BCUT2D eigenvalue weighted by atomic mass is 16.4. The van der Waals surface area contributed by atoms with E-state index < -0.39 is 35.9 Å². The van der Waals surface area contributed by atoms with Crippen molar-refractivity contribution in [1.29, 1.82) is 0 Å². The Kier molecular flexibility index (Phi) is 25.1. The number of amides is 4. The smallest absolute Gasteiger partial charge is 0.303 e. The van der Waals surface area contributed by atoms with Crippen molar-refractivity contribution >= 4 is 29.6 Å². The lowest BCUT2D eigenvalue weighted by Crippen LogP contribution is -2.51. The molecule has 2 unspecified atom stereocenters. The molecule has 0 aliphatic heterocycles. The topological polar surface area (TPSA) is 212 Å². The lowest BCUT2D eigenvalue weighted by atomic mass is 10.1. The first-order chi connectivity index (χ1) is 20.6. The molecule has 0 rings (SSSR count). The fourth-order valence-electron chi connectivity index (χ4n) is 4.31. The van der Waals surface area contributed by atoms with Crippen molar-refractivity contribution in [2.75, 3.05) is 32.8 Å². The van der Waals surface area contributed by atoms with Crippen molar-refractivity contribution in [1.82, 2.24) is 26.6 Å². The van der Waals surface area contributed by atoms with Gasteiger partial charge in [0.05, 0.1) is 18.7 Å². The third kappa shape index (κ3) is 24.4. The Bertz CT molecular complexity index is 799. The molecule has 0 aromatic heterocycles. The van der Waals surface area contributed by atoms with Gasteiger partial charge in [-0.25, -0.2) is 0 Å². The van der Waals surface area contributed by atoms with Gasteiger partial charge in [0.1, 0.15) is 6.04 Å². The first kappa shape index (κ1) is 40.2. The summed E-state index contributed by atoms with van der Waals surface area (Å²) in [7, 11) is 0. The second-order valence-electron chi connectivity index (χ2n) is 11.1. The second-order valence-corrected chi connectivity index (χ2v) is 11.1. The molecule has 0 aromatic carbocycles. The molecule has 0 aromatic rings. The molecule has 250 valence electrons. The third-order valence-electron chi connectivity index (χ3n) is 7.02. The predicted molar refractivity (Wildman–Crippen MR) is 166 cm³/mol. The van der Waals surface area contributed by atoms with E-state index in [1.807, 2.05) is 0 Å². The Labute approximate surface area is 257 Å². The number of carbonyl (C=O) groups is 5. The van der Waals surface area contributed by atoms with Crippen LogP contribution in [-0.4, -0.2) is 90.7 Å². The number of hydrogen-bond donors (Lipinski definition) is 8. The Morgan fingerprint density at radius 2 is 1.30 bits per heavy atom. The lowest BCUT2D eigenvalue weighted by Gasteiger charge is -2.19. The highest BCUT2D eigenvalue weighted by Gasteiger charge is 2.20. The number of carboxylic acids is 1. The van der Waals surface area contributed by atoms with E-state index in [9.17, 15) is 29.1 Å². The van der Waals surface area contributed by atoms with E-state index in [2.05, 4.69) is 33.5 Å². The van der Waals surface area contributed by atoms with Gasteiger partial charge in [0.15, 0.2) is 0 Å². The van der Waals surface area contributed by atoms with E-state index >= 15 is 0 Å². The van der Waals surface area contributed by atoms with Gasteiger partial charge in [-0.05, 0) is 39.2 Å². The SMILES string of the molecule is CCCCCCCCCCCC(=O)NCCNCCC(N)C(=O)N[C@H](C)C(=O)NCCC(CO)NC(=O)CCCC(=O)O. The van der Waals surface area contributed by atoms with Gasteiger partial charge in [-0.2, -0.15) is 0 Å². The Morgan fingerprint density at radius 1 is 0.674 bits per heavy atom. The molecule has 0 fully saturated rings. The Hall–Kier alpha value is -2.77. The van der Waals surface area contributed by atoms with E-state index in [-0.39, 0.29) is 50.6 Å². The van der Waals surface area contributed by atoms with Gasteiger partial charge in [-0.1, -0.05) is 58.3 Å². The van der Waals surface area contributed by atoms with Crippen LogP contribution in [0.1, 0.15) is 110 Å². The largest absolute Gasteiger partial charge is 0.481 e. The molecule has 0 radical (unpaired) electrons. The fourth-order valence-corrected chi connectivity index (χ4v) is 4.31. The van der Waals surface area contributed by atoms with E-state index in [0.29, 0.717) is 32.5 Å². The van der Waals surface area contributed by atoms with Crippen molar-refractivity contribution in [3.8, 4) is 0 Å². The quantitative estimate of drug-likeness (QED) is 0.0591. The maximum atomic E-state index is 12.4. The maximum Gasteiger partial charge on any atom is 0.303 e. The molecule has 43 heavy (non-hydrogen) atoms. The molecule has 0 aliphatic rings. The lowest BCUT2D eigenvalue weighted by molar-refractivity contribution is -0.137. The average molecular weight is 615 g/mol. The molecule has 0 saturated heterocycles. The number of nitrogens with two attached hydrogens (primary N) is 1. The number of hydrogen-bond acceptors (Lipinski definition) is 8. The van der Waals surface area contributed by atoms with Crippen LogP contribution >= 0.6 is 0 Å². The van der Waals surface area contributed by atoms with Crippen LogP contribution in [0.3, 0.4) is 0 Å². The van der Waals surface area contributed by atoms with Crippen molar-refractivity contribution in [3.63, 3.8) is 0 Å². The highest BCUT2D eigenvalue weighted by molar-refractivity contribution is 5.89. The number of aliphatic hydroxyl groups is 1. The van der Waals surface area contributed by atoms with Gasteiger partial charge in [0.25, 0.3) is 0 Å². The standard InChI is InChI=1S/C30H58N6O7/c1-3-4-5-6-7-8-9-10-11-13-26(38)33-21-20-32-18-17-25(31)30(43)35-23(2)29(42)34-19-16-24(22-37)36-27(39)14-12-15-28(40)41/h23-25,32,37H,3-22,31H2,1-2H3,(H,33,38)(H,34,42)(H,35,43)(H,36,39)(H,40,41)/t23-,24?,25?/m1/s1. The van der Waals surface area contributed by atoms with E-state index in [4.69, 9.17) is 10.8 Å². The number of aliphatic carboxylic acids is 1. The van der Waals surface area contributed by atoms with E-state index in [1.54, 1.807) is 0 Å². The minimum absolute atomic E-state index is 0.0317. The molecule has 13 nitrogen and oxygen atoms in total. The number of carboxylic acid groups (broad SMARTS) is 1. The summed E-state index contributed by atoms with van der Waals surface area (Å²) in [5, 5.41) is 32.0. The summed E-state index contributed by atoms with van der Waals surface area (Å²) >= 11 is 0. The third-order valence-corrected chi connectivity index (χ3v) is 7.02. The van der Waals surface area contributed by atoms with Crippen LogP contribution in [0.5, 0.6) is 0 Å². The first-order valence-electron chi connectivity index (χ1n) is 16.0. The normalized spacial score (nSPS) is 13.0. The van der Waals surface area contributed by atoms with Gasteiger partial charge in [0, 0.05) is 38.9 Å². The molecule has 13 heteroatoms. The Balaban J connectivity index is 3.91. The van der Waals surface area contributed by atoms with Crippen LogP contribution in [0, 0.1) is 0 Å². The van der Waals surface area contributed by atoms with Gasteiger partial charge < -0.3 is 42.5 Å². The number of rotatable bonds is 28. The summed E-state index contributed by atoms with van der Waals surface area (Å²) in [4.78, 5) is 59.0. The van der Waals surface area contributed by atoms with Crippen LogP contribution in [0.15, 0.2) is 0 Å². The molecule has 4 amide bonds. The molecule has 0 bridgehead atoms. The molecular weight excluding hydrogens is 556 g/mol. The number of carbonyl (C=O) groups excluding carboxylic acids is 4. The fraction of sp³-hybridized carbons (Fsp3) is 0.833. The summed E-state index contributed by atoms with van der Waals surface area (Å²) < 4.78 is 0. The number of nitrogens with one attached hydrogen (secondary N) is 5. The predicted octanol–water partition coefficient (Wildman–Crippen LogP) is 1.07. The minimum Gasteiger partial charge on any atom is -0.481 e. The summed E-state index contributed by atoms with van der Waals surface area (Å²) in [6.45, 7) is 5.12. The Morgan fingerprint density at radius 3 is 1.93 bits per heavy atom. The molecule has 3 atom stereocenters. The summed E-state index contributed by atoms with van der Waals surface area (Å²) in [6.07, 6.45) is 12.2. The zero-order valence-corrected chi connectivity index (χ0v) is 26.4. The molecule has 0 spiro atoms. The molecule has 0 aliphatic carbocycles. The summed E-state index contributed by atoms with van der Waals surface area (Å²) in [5.74, 6) is -2.19. The molecule has 9 N–H and O–H groups in total. The van der Waals surface area contributed by atoms with Crippen molar-refractivity contribution in [3.05, 3.63) is 0 Å². The monoisotopic (exact) mass is 614 g/mol. The van der Waals surface area contributed by atoms with Crippen LogP contribution in [0.25, 0.3) is 0 Å². The first-order valence-corrected chi connectivity index (χ1v) is 16.0. The van der Waals surface area contributed by atoms with E-state index in [1.165, 1.54) is 51.9 Å². The molecule has 0 saturated carbocycles. The van der Waals surface area contributed by atoms with Crippen LogP contribution in [0.4, 0.5) is 0 Å². The summed E-state index contributed by atoms with van der Waals surface area (Å²) in [5.41, 5.74) is 5.95. The number of unbranched alkanes of at least 4 members (excludes halogenated alkanes) is 8. The average Bonchev–Trinajstić information content (AvgIpc) is 2.96. The van der Waals surface area contributed by atoms with Crippen LogP contribution < -0.4 is 32.3 Å². The van der Waals surface area contributed by atoms with Gasteiger partial charge in [-0.3, -0.25) is 24.0 Å². The maximum absolute atomic E-state index is 12.4. The number of aliphatic hydroxyl groups excluding tert-OH is 1. The minimum atomic E-state index is -0.982. The summed E-state index contributed by atoms with van der Waals surface area (Å²) in [6, 6.07) is -2.22. The second kappa shape index (κ2) is 26.8. The highest BCUT2D eigenvalue weighted by Crippen LogP contribution is 2.10.